The van der Waals surface area contributed by atoms with Crippen LogP contribution in [0.25, 0.3) is 0 Å². The number of anilines is 2. The monoisotopic (exact) mass is 563 g/mol. The van der Waals surface area contributed by atoms with Gasteiger partial charge in [-0.05, 0) is 48.9 Å². The number of oxazole rings is 1. The smallest absolute Gasteiger partial charge is 0.270 e. The molecule has 6 rings (SSSR count). The van der Waals surface area contributed by atoms with E-state index in [1.54, 1.807) is 12.3 Å². The molecule has 3 aliphatic heterocycles. The van der Waals surface area contributed by atoms with Crippen LogP contribution >= 0.6 is 0 Å². The van der Waals surface area contributed by atoms with Gasteiger partial charge < -0.3 is 34.5 Å². The number of ether oxygens (including phenoxy) is 2. The van der Waals surface area contributed by atoms with Gasteiger partial charge in [-0.2, -0.15) is 4.98 Å². The highest BCUT2D eigenvalue weighted by Gasteiger charge is 2.24. The van der Waals surface area contributed by atoms with E-state index in [1.165, 1.54) is 23.9 Å². The third-order valence-electron chi connectivity index (χ3n) is 7.68. The zero-order valence-corrected chi connectivity index (χ0v) is 23.1. The number of β-amino-alcohol motifs (C(OH)–C–C–N with tert-alkyl or cyclic N) is 1. The fourth-order valence-corrected chi connectivity index (χ4v) is 5.35. The summed E-state index contributed by atoms with van der Waals surface area (Å²) in [7, 11) is 0. The van der Waals surface area contributed by atoms with E-state index in [2.05, 4.69) is 47.5 Å². The Morgan fingerprint density at radius 2 is 2.00 bits per heavy atom. The molecular formula is C29H37N7O5. The van der Waals surface area contributed by atoms with E-state index < -0.39 is 6.10 Å². The summed E-state index contributed by atoms with van der Waals surface area (Å²) in [6.07, 6.45) is 6.55. The molecule has 2 fully saturated rings. The molecule has 41 heavy (non-hydrogen) atoms. The molecule has 1 atom stereocenters. The maximum absolute atomic E-state index is 13.1. The zero-order valence-electron chi connectivity index (χ0n) is 23.1. The lowest BCUT2D eigenvalue weighted by atomic mass is 9.99. The number of aliphatic hydroxyl groups excluding tert-OH is 1. The summed E-state index contributed by atoms with van der Waals surface area (Å²) < 4.78 is 16.3. The van der Waals surface area contributed by atoms with Gasteiger partial charge >= 0.3 is 0 Å². The first-order valence-electron chi connectivity index (χ1n) is 14.4. The van der Waals surface area contributed by atoms with Gasteiger partial charge in [0.2, 0.25) is 5.95 Å². The number of aromatic nitrogens is 3. The van der Waals surface area contributed by atoms with Crippen LogP contribution in [0.1, 0.15) is 46.6 Å². The third kappa shape index (κ3) is 7.13. The van der Waals surface area contributed by atoms with Crippen molar-refractivity contribution in [1.82, 2.24) is 25.2 Å². The minimum Gasteiger partial charge on any atom is -0.486 e. The Morgan fingerprint density at radius 1 is 1.12 bits per heavy atom. The van der Waals surface area contributed by atoms with Gasteiger partial charge in [-0.25, -0.2) is 9.97 Å². The maximum atomic E-state index is 13.1. The Hall–Kier alpha value is -3.74. The highest BCUT2D eigenvalue weighted by molar-refractivity contribution is 5.93. The summed E-state index contributed by atoms with van der Waals surface area (Å²) in [5.74, 6) is 2.35. The van der Waals surface area contributed by atoms with Crippen LogP contribution in [-0.2, 0) is 24.3 Å². The van der Waals surface area contributed by atoms with Crippen LogP contribution in [0, 0.1) is 0 Å². The number of carbonyl (C=O) groups is 1. The van der Waals surface area contributed by atoms with Crippen LogP contribution in [0.5, 0.6) is 5.75 Å². The van der Waals surface area contributed by atoms with Crippen LogP contribution in [0.2, 0.25) is 0 Å². The normalized spacial score (nSPS) is 18.3. The molecule has 3 aliphatic rings. The molecule has 1 aromatic carbocycles. The molecule has 0 radical (unpaired) electrons. The number of rotatable bonds is 11. The minimum absolute atomic E-state index is 0.138. The number of amides is 1. The summed E-state index contributed by atoms with van der Waals surface area (Å²) in [4.78, 5) is 30.6. The molecule has 0 unspecified atom stereocenters. The van der Waals surface area contributed by atoms with E-state index in [0.717, 1.165) is 51.2 Å². The van der Waals surface area contributed by atoms with Crippen LogP contribution in [0.3, 0.4) is 0 Å². The lowest BCUT2D eigenvalue weighted by Crippen LogP contribution is -2.42. The van der Waals surface area contributed by atoms with E-state index in [9.17, 15) is 9.90 Å². The zero-order chi connectivity index (χ0) is 28.0. The molecule has 0 bridgehead atoms. The number of fused-ring (bicyclic) bond motifs is 1. The van der Waals surface area contributed by atoms with Gasteiger partial charge in [-0.1, -0.05) is 6.07 Å². The Kier molecular flexibility index (Phi) is 8.59. The first-order chi connectivity index (χ1) is 20.1. The van der Waals surface area contributed by atoms with Crippen molar-refractivity contribution >= 4 is 17.7 Å². The van der Waals surface area contributed by atoms with Crippen LogP contribution in [0.4, 0.5) is 11.8 Å². The van der Waals surface area contributed by atoms with Gasteiger partial charge in [0.1, 0.15) is 23.9 Å². The molecule has 218 valence electrons. The van der Waals surface area contributed by atoms with Gasteiger partial charge in [-0.3, -0.25) is 9.69 Å². The second-order valence-electron chi connectivity index (χ2n) is 10.9. The van der Waals surface area contributed by atoms with E-state index in [4.69, 9.17) is 13.9 Å². The number of benzene rings is 1. The molecule has 0 spiro atoms. The standard InChI is InChI=1S/C29H37N7O5/c37-23(15-35-9-6-20-10-24(5-4-21(20)14-35)40-18-25-13-30-19-41-25)12-31-28(38)26-11-27(32-22-16-39-17-22)34-29(33-26)36-7-2-1-3-8-36/h4-5,10-11,13,19,22-23,37H,1-3,6-9,12,14-18H2,(H,31,38)(H,32,33,34)/t23-/m0/s1. The second kappa shape index (κ2) is 12.8. The Labute approximate surface area is 239 Å². The molecule has 2 aromatic heterocycles. The van der Waals surface area contributed by atoms with Crippen LogP contribution < -0.4 is 20.3 Å². The lowest BCUT2D eigenvalue weighted by molar-refractivity contribution is 0.0209. The average molecular weight is 564 g/mol. The number of hydrogen-bond donors (Lipinski definition) is 3. The summed E-state index contributed by atoms with van der Waals surface area (Å²) in [6, 6.07) is 7.96. The Morgan fingerprint density at radius 3 is 2.78 bits per heavy atom. The summed E-state index contributed by atoms with van der Waals surface area (Å²) in [6.45, 7) is 5.48. The van der Waals surface area contributed by atoms with Crippen molar-refractivity contribution in [3.05, 3.63) is 59.4 Å². The van der Waals surface area contributed by atoms with Crippen molar-refractivity contribution in [2.45, 2.75) is 51.0 Å². The third-order valence-corrected chi connectivity index (χ3v) is 7.68. The fraction of sp³-hybridized carbons (Fsp3) is 0.517. The van der Waals surface area contributed by atoms with Gasteiger partial charge in [0.15, 0.2) is 12.2 Å². The summed E-state index contributed by atoms with van der Waals surface area (Å²) in [5, 5.41) is 17.0. The molecule has 2 saturated heterocycles. The van der Waals surface area contributed by atoms with E-state index in [0.29, 0.717) is 49.6 Å². The molecule has 12 heteroatoms. The van der Waals surface area contributed by atoms with Gasteiger partial charge in [0, 0.05) is 45.3 Å². The second-order valence-corrected chi connectivity index (χ2v) is 10.9. The molecule has 5 heterocycles. The topological polar surface area (TPSA) is 138 Å². The van der Waals surface area contributed by atoms with Crippen molar-refractivity contribution in [2.75, 3.05) is 56.2 Å². The quantitative estimate of drug-likeness (QED) is 0.316. The predicted molar refractivity (Wildman–Crippen MR) is 151 cm³/mol. The summed E-state index contributed by atoms with van der Waals surface area (Å²) in [5.41, 5.74) is 2.75. The maximum Gasteiger partial charge on any atom is 0.270 e. The highest BCUT2D eigenvalue weighted by atomic mass is 16.5. The Balaban J connectivity index is 1.01. The number of nitrogens with zero attached hydrogens (tertiary/aromatic N) is 5. The molecular weight excluding hydrogens is 526 g/mol. The number of hydrogen-bond acceptors (Lipinski definition) is 11. The van der Waals surface area contributed by atoms with E-state index in [-0.39, 0.29) is 18.5 Å². The van der Waals surface area contributed by atoms with Crippen LogP contribution in [-0.4, -0.2) is 88.9 Å². The summed E-state index contributed by atoms with van der Waals surface area (Å²) >= 11 is 0. The van der Waals surface area contributed by atoms with Gasteiger partial charge in [0.05, 0.1) is 31.6 Å². The van der Waals surface area contributed by atoms with Crippen molar-refractivity contribution < 1.29 is 23.8 Å². The van der Waals surface area contributed by atoms with Crippen molar-refractivity contribution in [1.29, 1.82) is 0 Å². The highest BCUT2D eigenvalue weighted by Crippen LogP contribution is 2.25. The van der Waals surface area contributed by atoms with Crippen molar-refractivity contribution in [2.24, 2.45) is 0 Å². The first kappa shape index (κ1) is 27.4. The van der Waals surface area contributed by atoms with Crippen LogP contribution in [0.15, 0.2) is 41.3 Å². The molecule has 0 aliphatic carbocycles. The SMILES string of the molecule is O=C(NC[C@H](O)CN1CCc2cc(OCc3cnco3)ccc2C1)c1cc(NC2COC2)nc(N2CCCCC2)n1. The number of nitrogens with one attached hydrogen (secondary N) is 2. The molecule has 1 amide bonds. The average Bonchev–Trinajstić information content (AvgIpc) is 3.51. The number of aliphatic hydroxyl groups is 1. The number of piperidine rings is 1. The molecule has 12 nitrogen and oxygen atoms in total. The van der Waals surface area contributed by atoms with Gasteiger partial charge in [0.25, 0.3) is 5.91 Å². The number of carbonyl (C=O) groups excluding carboxylic acids is 1. The van der Waals surface area contributed by atoms with E-state index in [1.807, 2.05) is 6.07 Å². The predicted octanol–water partition coefficient (Wildman–Crippen LogP) is 1.99. The van der Waals surface area contributed by atoms with E-state index >= 15 is 0 Å². The molecule has 3 N–H and O–H groups in total. The lowest BCUT2D eigenvalue weighted by Gasteiger charge is -2.30. The minimum atomic E-state index is -0.710. The van der Waals surface area contributed by atoms with Gasteiger partial charge in [-0.15, -0.1) is 0 Å². The van der Waals surface area contributed by atoms with Crippen molar-refractivity contribution in [3.8, 4) is 5.75 Å². The molecule has 0 saturated carbocycles. The fourth-order valence-electron chi connectivity index (χ4n) is 5.35. The molecule has 3 aromatic rings. The largest absolute Gasteiger partial charge is 0.486 e. The van der Waals surface area contributed by atoms with Crippen molar-refractivity contribution in [3.63, 3.8) is 0 Å². The first-order valence-corrected chi connectivity index (χ1v) is 14.4. The Bertz CT molecular complexity index is 1310.